The molecule has 0 unspecified atom stereocenters. The number of H-pyrrole nitrogens is 1. The Balaban J connectivity index is 1.58. The lowest BCUT2D eigenvalue weighted by molar-refractivity contribution is 0.0912. The van der Waals surface area contributed by atoms with Crippen LogP contribution in [-0.4, -0.2) is 41.3 Å². The van der Waals surface area contributed by atoms with Gasteiger partial charge >= 0.3 is 0 Å². The predicted octanol–water partition coefficient (Wildman–Crippen LogP) is 3.84. The summed E-state index contributed by atoms with van der Waals surface area (Å²) in [6.07, 6.45) is 2.22. The van der Waals surface area contributed by atoms with E-state index in [1.165, 1.54) is 0 Å². The minimum atomic E-state index is -0.743. The first-order chi connectivity index (χ1) is 16.0. The molecule has 172 valence electrons. The van der Waals surface area contributed by atoms with Gasteiger partial charge in [0.1, 0.15) is 18.2 Å². The summed E-state index contributed by atoms with van der Waals surface area (Å²) in [5.74, 6) is 0.661. The minimum absolute atomic E-state index is 0.0669. The van der Waals surface area contributed by atoms with E-state index in [2.05, 4.69) is 20.6 Å². The normalized spacial score (nSPS) is 13.5. The smallest absolute Gasteiger partial charge is 0.252 e. The summed E-state index contributed by atoms with van der Waals surface area (Å²) in [5.41, 5.74) is 3.11. The number of nitrogens with zero attached hydrogens (tertiary/aromatic N) is 1. The third-order valence-corrected chi connectivity index (χ3v) is 5.79. The Labute approximate surface area is 190 Å². The first-order valence-corrected chi connectivity index (χ1v) is 10.9. The van der Waals surface area contributed by atoms with Crippen molar-refractivity contribution in [3.8, 4) is 5.75 Å². The monoisotopic (exact) mass is 451 g/mol. The lowest BCUT2D eigenvalue weighted by Gasteiger charge is -2.18. The Morgan fingerprint density at radius 1 is 1.30 bits per heavy atom. The maximum Gasteiger partial charge on any atom is 0.252 e. The molecule has 1 aromatic heterocycles. The van der Waals surface area contributed by atoms with Gasteiger partial charge in [-0.25, -0.2) is 9.37 Å². The number of fused-ring (bicyclic) bond motifs is 2. The number of ether oxygens (including phenoxy) is 1. The molecule has 3 aromatic rings. The molecule has 1 aliphatic rings. The lowest BCUT2D eigenvalue weighted by Crippen LogP contribution is -2.31. The number of hydrogen-bond acceptors (Lipinski definition) is 5. The Hall–Kier alpha value is -3.75. The molecule has 2 amide bonds. The molecule has 1 atom stereocenters. The number of aromatic nitrogens is 2. The highest BCUT2D eigenvalue weighted by Crippen LogP contribution is 2.26. The second-order valence-corrected chi connectivity index (χ2v) is 8.04. The van der Waals surface area contributed by atoms with Gasteiger partial charge in [-0.15, -0.1) is 0 Å². The van der Waals surface area contributed by atoms with Crippen molar-refractivity contribution in [2.45, 2.75) is 38.3 Å². The van der Waals surface area contributed by atoms with Crippen LogP contribution in [0.1, 0.15) is 63.8 Å². The fourth-order valence-electron chi connectivity index (χ4n) is 4.04. The Kier molecular flexibility index (Phi) is 6.67. The van der Waals surface area contributed by atoms with Gasteiger partial charge in [0.05, 0.1) is 35.3 Å². The number of nitrogens with one attached hydrogen (secondary N) is 4. The van der Waals surface area contributed by atoms with Crippen molar-refractivity contribution in [2.24, 2.45) is 0 Å². The molecule has 0 radical (unpaired) electrons. The number of rotatable bonds is 10. The third-order valence-electron chi connectivity index (χ3n) is 5.79. The number of benzene rings is 2. The van der Waals surface area contributed by atoms with Gasteiger partial charge in [-0.05, 0) is 43.0 Å². The number of halogens is 1. The molecule has 33 heavy (non-hydrogen) atoms. The standard InChI is InChI=1S/C24H26FN5O3/c1-33-16-9-10-18-20(11-16)29-22(28-18)19(8-3-2-6-15(26)12-25)30-23(31)17-7-4-5-14-13-27-24(32)21(14)17/h4-5,7,9-11,19,26H,2-3,6,8,12-13H2,1H3,(H,27,32)(H,28,29)(H,30,31)/t19-/m0/s1. The van der Waals surface area contributed by atoms with E-state index in [-0.39, 0.29) is 17.5 Å². The molecule has 4 N–H and O–H groups in total. The molecule has 0 bridgehead atoms. The highest BCUT2D eigenvalue weighted by molar-refractivity contribution is 6.09. The zero-order valence-electron chi connectivity index (χ0n) is 18.3. The summed E-state index contributed by atoms with van der Waals surface area (Å²) in [7, 11) is 1.59. The molecule has 0 aliphatic carbocycles. The van der Waals surface area contributed by atoms with Crippen molar-refractivity contribution in [3.05, 3.63) is 58.9 Å². The van der Waals surface area contributed by atoms with Crippen LogP contribution in [-0.2, 0) is 6.54 Å². The molecule has 2 aromatic carbocycles. The summed E-state index contributed by atoms with van der Waals surface area (Å²) in [4.78, 5) is 33.4. The van der Waals surface area contributed by atoms with Crippen LogP contribution in [0, 0.1) is 5.41 Å². The molecule has 8 nitrogen and oxygen atoms in total. The predicted molar refractivity (Wildman–Crippen MR) is 123 cm³/mol. The second kappa shape index (κ2) is 9.81. The highest BCUT2D eigenvalue weighted by atomic mass is 19.1. The van der Waals surface area contributed by atoms with Crippen LogP contribution in [0.25, 0.3) is 11.0 Å². The number of unbranched alkanes of at least 4 members (excludes halogenated alkanes) is 1. The lowest BCUT2D eigenvalue weighted by atomic mass is 10.0. The summed E-state index contributed by atoms with van der Waals surface area (Å²) in [5, 5.41) is 13.3. The zero-order chi connectivity index (χ0) is 23.4. The van der Waals surface area contributed by atoms with Gasteiger partial charge < -0.3 is 25.8 Å². The summed E-state index contributed by atoms with van der Waals surface area (Å²) in [6.45, 7) is -0.336. The van der Waals surface area contributed by atoms with E-state index >= 15 is 0 Å². The summed E-state index contributed by atoms with van der Waals surface area (Å²) in [6, 6.07) is 10.3. The average molecular weight is 452 g/mol. The number of carbonyl (C=O) groups is 2. The number of imidazole rings is 1. The first-order valence-electron chi connectivity index (χ1n) is 10.9. The molecular weight excluding hydrogens is 425 g/mol. The van der Waals surface area contributed by atoms with Gasteiger partial charge in [-0.2, -0.15) is 0 Å². The minimum Gasteiger partial charge on any atom is -0.497 e. The number of hydrogen-bond donors (Lipinski definition) is 4. The largest absolute Gasteiger partial charge is 0.497 e. The van der Waals surface area contributed by atoms with Crippen molar-refractivity contribution in [1.29, 1.82) is 5.41 Å². The van der Waals surface area contributed by atoms with Crippen LogP contribution in [0.3, 0.4) is 0 Å². The van der Waals surface area contributed by atoms with Crippen LogP contribution in [0.5, 0.6) is 5.75 Å². The quantitative estimate of drug-likeness (QED) is 0.277. The molecule has 9 heteroatoms. The zero-order valence-corrected chi connectivity index (χ0v) is 18.3. The molecule has 4 rings (SSSR count). The van der Waals surface area contributed by atoms with Gasteiger partial charge in [0.15, 0.2) is 0 Å². The molecular formula is C24H26FN5O3. The van der Waals surface area contributed by atoms with E-state index in [4.69, 9.17) is 10.1 Å². The van der Waals surface area contributed by atoms with Crippen LogP contribution in [0.15, 0.2) is 36.4 Å². The van der Waals surface area contributed by atoms with Gasteiger partial charge in [-0.3, -0.25) is 9.59 Å². The highest BCUT2D eigenvalue weighted by Gasteiger charge is 2.27. The van der Waals surface area contributed by atoms with Gasteiger partial charge in [0.25, 0.3) is 11.8 Å². The van der Waals surface area contributed by atoms with Gasteiger partial charge in [0, 0.05) is 18.3 Å². The van der Waals surface area contributed by atoms with Crippen LogP contribution >= 0.6 is 0 Å². The Bertz CT molecular complexity index is 1210. The van der Waals surface area contributed by atoms with E-state index in [1.807, 2.05) is 24.3 Å². The number of amides is 2. The number of methoxy groups -OCH3 is 1. The molecule has 0 saturated heterocycles. The number of alkyl halides is 1. The van der Waals surface area contributed by atoms with Crippen molar-refractivity contribution < 1.29 is 18.7 Å². The van der Waals surface area contributed by atoms with Crippen LogP contribution in [0.2, 0.25) is 0 Å². The summed E-state index contributed by atoms with van der Waals surface area (Å²) >= 11 is 0. The van der Waals surface area contributed by atoms with E-state index in [0.717, 1.165) is 16.6 Å². The molecule has 2 heterocycles. The number of aromatic amines is 1. The van der Waals surface area contributed by atoms with E-state index < -0.39 is 12.7 Å². The van der Waals surface area contributed by atoms with E-state index in [1.54, 1.807) is 19.2 Å². The van der Waals surface area contributed by atoms with Gasteiger partial charge in [0.2, 0.25) is 0 Å². The second-order valence-electron chi connectivity index (χ2n) is 8.04. The van der Waals surface area contributed by atoms with Crippen LogP contribution in [0.4, 0.5) is 4.39 Å². The van der Waals surface area contributed by atoms with Crippen LogP contribution < -0.4 is 15.4 Å². The summed E-state index contributed by atoms with van der Waals surface area (Å²) < 4.78 is 17.9. The number of carbonyl (C=O) groups excluding carboxylic acids is 2. The molecule has 1 aliphatic heterocycles. The fourth-order valence-corrected chi connectivity index (χ4v) is 4.04. The third kappa shape index (κ3) is 4.87. The topological polar surface area (TPSA) is 120 Å². The maximum absolute atomic E-state index is 13.2. The average Bonchev–Trinajstić information content (AvgIpc) is 3.43. The first kappa shape index (κ1) is 22.4. The molecule has 0 spiro atoms. The van der Waals surface area contributed by atoms with Crippen molar-refractivity contribution in [2.75, 3.05) is 13.8 Å². The Morgan fingerprint density at radius 2 is 2.15 bits per heavy atom. The van der Waals surface area contributed by atoms with Crippen molar-refractivity contribution in [3.63, 3.8) is 0 Å². The van der Waals surface area contributed by atoms with E-state index in [9.17, 15) is 14.0 Å². The van der Waals surface area contributed by atoms with Crippen molar-refractivity contribution in [1.82, 2.24) is 20.6 Å². The van der Waals surface area contributed by atoms with Gasteiger partial charge in [-0.1, -0.05) is 18.6 Å². The molecule has 0 saturated carbocycles. The van der Waals surface area contributed by atoms with Crippen molar-refractivity contribution >= 4 is 28.6 Å². The Morgan fingerprint density at radius 3 is 2.94 bits per heavy atom. The van der Waals surface area contributed by atoms with E-state index in [0.29, 0.717) is 54.9 Å². The SMILES string of the molecule is COc1ccc2nc([C@H](CCCCC(=N)CF)NC(=O)c3cccc4c3C(=O)NC4)[nH]c2c1. The molecule has 0 fully saturated rings. The maximum atomic E-state index is 13.2. The fraction of sp³-hybridized carbons (Fsp3) is 0.333.